The number of aromatic hydroxyl groups is 1. The fraction of sp³-hybridized carbons (Fsp3) is 0.211. The van der Waals surface area contributed by atoms with Gasteiger partial charge in [0.25, 0.3) is 10.0 Å². The second-order valence-electron chi connectivity index (χ2n) is 6.80. The van der Waals surface area contributed by atoms with Crippen molar-refractivity contribution in [2.24, 2.45) is 0 Å². The zero-order chi connectivity index (χ0) is 19.1. The lowest BCUT2D eigenvalue weighted by molar-refractivity contribution is 0.00592. The third kappa shape index (κ3) is 3.06. The van der Waals surface area contributed by atoms with E-state index in [9.17, 15) is 18.3 Å². The highest BCUT2D eigenvalue weighted by atomic mass is 32.2. The van der Waals surface area contributed by atoms with Gasteiger partial charge in [0.2, 0.25) is 0 Å². The summed E-state index contributed by atoms with van der Waals surface area (Å²) < 4.78 is 32.6. The lowest BCUT2D eigenvalue weighted by atomic mass is 10.2. The summed E-state index contributed by atoms with van der Waals surface area (Å²) in [6, 6.07) is 14.1. The van der Waals surface area contributed by atoms with E-state index >= 15 is 0 Å². The normalized spacial score (nSPS) is 12.3. The molecule has 0 spiro atoms. The molecule has 0 bridgehead atoms. The van der Waals surface area contributed by atoms with Gasteiger partial charge >= 0.3 is 5.97 Å². The van der Waals surface area contributed by atoms with Crippen LogP contribution in [0.4, 0.5) is 0 Å². The lowest BCUT2D eigenvalue weighted by Crippen LogP contribution is -2.27. The molecule has 1 heterocycles. The molecule has 26 heavy (non-hydrogen) atoms. The molecule has 2 aromatic carbocycles. The van der Waals surface area contributed by atoms with Crippen LogP contribution in [0, 0.1) is 0 Å². The van der Waals surface area contributed by atoms with Crippen LogP contribution in [0.3, 0.4) is 0 Å². The number of ether oxygens (including phenoxy) is 1. The minimum absolute atomic E-state index is 0.00515. The largest absolute Gasteiger partial charge is 0.505 e. The minimum Gasteiger partial charge on any atom is -0.505 e. The van der Waals surface area contributed by atoms with Gasteiger partial charge in [-0.1, -0.05) is 30.3 Å². The molecule has 7 heteroatoms. The average Bonchev–Trinajstić information content (AvgIpc) is 2.88. The highest BCUT2D eigenvalue weighted by molar-refractivity contribution is 7.90. The van der Waals surface area contributed by atoms with Crippen LogP contribution in [-0.4, -0.2) is 29.1 Å². The van der Waals surface area contributed by atoms with Gasteiger partial charge in [0.05, 0.1) is 10.4 Å². The van der Waals surface area contributed by atoms with E-state index in [4.69, 9.17) is 4.74 Å². The van der Waals surface area contributed by atoms with E-state index in [1.807, 2.05) is 0 Å². The Balaban J connectivity index is 2.34. The molecule has 3 rings (SSSR count). The Morgan fingerprint density at radius 2 is 1.58 bits per heavy atom. The van der Waals surface area contributed by atoms with Gasteiger partial charge in [-0.15, -0.1) is 0 Å². The number of para-hydroxylation sites is 1. The van der Waals surface area contributed by atoms with Gasteiger partial charge in [-0.05, 0) is 45.0 Å². The summed E-state index contributed by atoms with van der Waals surface area (Å²) >= 11 is 0. The van der Waals surface area contributed by atoms with Crippen molar-refractivity contribution in [3.8, 4) is 5.75 Å². The molecular formula is C19H19NO5S. The van der Waals surface area contributed by atoms with Crippen molar-refractivity contribution < 1.29 is 23.1 Å². The van der Waals surface area contributed by atoms with Crippen LogP contribution < -0.4 is 0 Å². The number of carbonyl (C=O) groups is 1. The zero-order valence-corrected chi connectivity index (χ0v) is 15.4. The van der Waals surface area contributed by atoms with E-state index in [0.717, 1.165) is 3.97 Å². The van der Waals surface area contributed by atoms with E-state index < -0.39 is 33.0 Å². The van der Waals surface area contributed by atoms with Crippen molar-refractivity contribution in [1.82, 2.24) is 3.97 Å². The maximum Gasteiger partial charge on any atom is 0.360 e. The molecule has 0 saturated heterocycles. The molecule has 6 nitrogen and oxygen atoms in total. The monoisotopic (exact) mass is 373 g/mol. The summed E-state index contributed by atoms with van der Waals surface area (Å²) in [5.74, 6) is -1.33. The lowest BCUT2D eigenvalue weighted by Gasteiger charge is -2.20. The van der Waals surface area contributed by atoms with Crippen LogP contribution in [0.5, 0.6) is 5.75 Å². The van der Waals surface area contributed by atoms with Gasteiger partial charge in [-0.2, -0.15) is 0 Å². The van der Waals surface area contributed by atoms with Gasteiger partial charge < -0.3 is 9.84 Å². The fourth-order valence-electron chi connectivity index (χ4n) is 2.65. The topological polar surface area (TPSA) is 85.6 Å². The van der Waals surface area contributed by atoms with E-state index in [0.29, 0.717) is 0 Å². The molecule has 3 aromatic rings. The van der Waals surface area contributed by atoms with Crippen LogP contribution in [0.2, 0.25) is 0 Å². The highest BCUT2D eigenvalue weighted by Gasteiger charge is 2.33. The number of nitrogens with zero attached hydrogens (tertiary/aromatic N) is 1. The highest BCUT2D eigenvalue weighted by Crippen LogP contribution is 2.36. The first-order valence-corrected chi connectivity index (χ1v) is 9.43. The second-order valence-corrected chi connectivity index (χ2v) is 8.59. The number of rotatable bonds is 3. The number of esters is 1. The first-order valence-electron chi connectivity index (χ1n) is 7.99. The Kier molecular flexibility index (Phi) is 4.28. The quantitative estimate of drug-likeness (QED) is 0.710. The summed E-state index contributed by atoms with van der Waals surface area (Å²) in [6.07, 6.45) is 0. The molecule has 0 unspecified atom stereocenters. The maximum atomic E-state index is 13.2. The van der Waals surface area contributed by atoms with Gasteiger partial charge in [0, 0.05) is 5.39 Å². The van der Waals surface area contributed by atoms with Crippen molar-refractivity contribution in [2.75, 3.05) is 0 Å². The van der Waals surface area contributed by atoms with Gasteiger partial charge in [0.15, 0.2) is 11.4 Å². The van der Waals surface area contributed by atoms with Crippen LogP contribution in [0.1, 0.15) is 31.3 Å². The number of benzene rings is 2. The first-order chi connectivity index (χ1) is 12.1. The predicted molar refractivity (Wildman–Crippen MR) is 97.8 cm³/mol. The van der Waals surface area contributed by atoms with Crippen molar-refractivity contribution in [3.05, 3.63) is 60.3 Å². The van der Waals surface area contributed by atoms with Gasteiger partial charge in [-0.3, -0.25) is 0 Å². The van der Waals surface area contributed by atoms with Crippen molar-refractivity contribution >= 4 is 26.9 Å². The van der Waals surface area contributed by atoms with Gasteiger partial charge in [-0.25, -0.2) is 17.2 Å². The number of aromatic nitrogens is 1. The SMILES string of the molecule is CC(C)(C)OC(=O)c1c(O)c2ccccc2n1S(=O)(=O)c1ccccc1. The molecule has 0 fully saturated rings. The van der Waals surface area contributed by atoms with Crippen LogP contribution >= 0.6 is 0 Å². The number of hydrogen-bond donors (Lipinski definition) is 1. The third-order valence-electron chi connectivity index (χ3n) is 3.68. The molecule has 0 aliphatic heterocycles. The molecular weight excluding hydrogens is 354 g/mol. The molecule has 1 N–H and O–H groups in total. The summed E-state index contributed by atoms with van der Waals surface area (Å²) in [7, 11) is -4.12. The van der Waals surface area contributed by atoms with Gasteiger partial charge in [0.1, 0.15) is 5.60 Å². The first kappa shape index (κ1) is 18.0. The van der Waals surface area contributed by atoms with Crippen LogP contribution in [-0.2, 0) is 14.8 Å². The second kappa shape index (κ2) is 6.17. The summed E-state index contributed by atoms with van der Waals surface area (Å²) in [5.41, 5.74) is -1.05. The average molecular weight is 373 g/mol. The number of hydrogen-bond acceptors (Lipinski definition) is 5. The van der Waals surface area contributed by atoms with Crippen molar-refractivity contribution in [2.45, 2.75) is 31.3 Å². The Morgan fingerprint density at radius 1 is 1.00 bits per heavy atom. The molecule has 0 aliphatic rings. The standard InChI is InChI=1S/C19H19NO5S/c1-19(2,3)25-18(22)16-17(21)14-11-7-8-12-15(14)20(16)26(23,24)13-9-5-4-6-10-13/h4-12,21H,1-3H3. The number of carbonyl (C=O) groups excluding carboxylic acids is 1. The molecule has 0 saturated carbocycles. The van der Waals surface area contributed by atoms with Crippen molar-refractivity contribution in [3.63, 3.8) is 0 Å². The van der Waals surface area contributed by atoms with Crippen molar-refractivity contribution in [1.29, 1.82) is 0 Å². The molecule has 136 valence electrons. The van der Waals surface area contributed by atoms with Crippen LogP contribution in [0.25, 0.3) is 10.9 Å². The van der Waals surface area contributed by atoms with E-state index in [2.05, 4.69) is 0 Å². The molecule has 1 aromatic heterocycles. The summed E-state index contributed by atoms with van der Waals surface area (Å²) in [5, 5.41) is 10.8. The Morgan fingerprint density at radius 3 is 2.19 bits per heavy atom. The molecule has 0 atom stereocenters. The summed E-state index contributed by atoms with van der Waals surface area (Å²) in [4.78, 5) is 12.7. The van der Waals surface area contributed by atoms with E-state index in [-0.39, 0.29) is 15.8 Å². The minimum atomic E-state index is -4.12. The fourth-order valence-corrected chi connectivity index (χ4v) is 4.18. The predicted octanol–water partition coefficient (Wildman–Crippen LogP) is 3.54. The Hall–Kier alpha value is -2.80. The Bertz CT molecular complexity index is 1080. The zero-order valence-electron chi connectivity index (χ0n) is 14.6. The van der Waals surface area contributed by atoms with E-state index in [1.54, 1.807) is 57.2 Å². The molecule has 0 amide bonds. The summed E-state index contributed by atoms with van der Waals surface area (Å²) in [6.45, 7) is 5.00. The third-order valence-corrected chi connectivity index (χ3v) is 5.41. The van der Waals surface area contributed by atoms with E-state index in [1.165, 1.54) is 18.2 Å². The molecule has 0 radical (unpaired) electrons. The Labute approximate surface area is 151 Å². The smallest absolute Gasteiger partial charge is 0.360 e. The number of fused-ring (bicyclic) bond motifs is 1. The maximum absolute atomic E-state index is 13.2. The van der Waals surface area contributed by atoms with Crippen LogP contribution in [0.15, 0.2) is 59.5 Å². The molecule has 0 aliphatic carbocycles.